The topological polar surface area (TPSA) is 58.2 Å². The number of nitrogens with one attached hydrogen (secondary N) is 2. The Bertz CT molecular complexity index is 1040. The van der Waals surface area contributed by atoms with E-state index >= 15 is 0 Å². The van der Waals surface area contributed by atoms with Crippen LogP contribution in [0.15, 0.2) is 91.0 Å². The summed E-state index contributed by atoms with van der Waals surface area (Å²) in [4.78, 5) is 24.6. The molecule has 0 spiro atoms. The minimum absolute atomic E-state index is 0.269. The fourth-order valence-corrected chi connectivity index (χ4v) is 2.69. The molecular formula is C25H22N2O2. The lowest BCUT2D eigenvalue weighted by Gasteiger charge is -2.11. The minimum atomic E-state index is -0.270. The van der Waals surface area contributed by atoms with Gasteiger partial charge in [0.1, 0.15) is 0 Å². The monoisotopic (exact) mass is 382 g/mol. The molecule has 0 saturated heterocycles. The largest absolute Gasteiger partial charge is 0.321 e. The number of hydrogen-bond acceptors (Lipinski definition) is 2. The van der Waals surface area contributed by atoms with Crippen LogP contribution in [0.25, 0.3) is 12.2 Å². The highest BCUT2D eigenvalue weighted by Crippen LogP contribution is 2.23. The zero-order valence-electron chi connectivity index (χ0n) is 16.1. The maximum atomic E-state index is 12.3. The van der Waals surface area contributed by atoms with E-state index in [1.54, 1.807) is 18.2 Å². The van der Waals surface area contributed by atoms with Crippen molar-refractivity contribution >= 4 is 35.3 Å². The Labute approximate surface area is 170 Å². The summed E-state index contributed by atoms with van der Waals surface area (Å²) in [5.41, 5.74) is 3.94. The first-order valence-electron chi connectivity index (χ1n) is 9.29. The quantitative estimate of drug-likeness (QED) is 0.569. The Morgan fingerprint density at radius 3 is 1.66 bits per heavy atom. The number of carbonyl (C=O) groups excluding carboxylic acids is 2. The van der Waals surface area contributed by atoms with Crippen molar-refractivity contribution in [3.63, 3.8) is 0 Å². The maximum absolute atomic E-state index is 12.3. The van der Waals surface area contributed by atoms with Crippen LogP contribution in [-0.2, 0) is 9.59 Å². The first-order chi connectivity index (χ1) is 14.1. The summed E-state index contributed by atoms with van der Waals surface area (Å²) in [6.45, 7) is 1.93. The Balaban J connectivity index is 1.69. The Morgan fingerprint density at radius 1 is 0.655 bits per heavy atom. The van der Waals surface area contributed by atoms with Gasteiger partial charge in [-0.05, 0) is 47.9 Å². The minimum Gasteiger partial charge on any atom is -0.321 e. The van der Waals surface area contributed by atoms with Crippen LogP contribution in [0.2, 0.25) is 0 Å². The van der Waals surface area contributed by atoms with Gasteiger partial charge in [0.15, 0.2) is 0 Å². The van der Waals surface area contributed by atoms with E-state index in [2.05, 4.69) is 10.6 Å². The van der Waals surface area contributed by atoms with Crippen LogP contribution < -0.4 is 10.6 Å². The molecule has 0 heterocycles. The molecule has 0 atom stereocenters. The van der Waals surface area contributed by atoms with Crippen molar-refractivity contribution in [3.8, 4) is 0 Å². The summed E-state index contributed by atoms with van der Waals surface area (Å²) in [5, 5.41) is 5.66. The van der Waals surface area contributed by atoms with Gasteiger partial charge < -0.3 is 10.6 Å². The third-order valence-electron chi connectivity index (χ3n) is 4.14. The first kappa shape index (κ1) is 19.8. The smallest absolute Gasteiger partial charge is 0.248 e. The van der Waals surface area contributed by atoms with Crippen LogP contribution in [-0.4, -0.2) is 11.8 Å². The molecule has 4 heteroatoms. The lowest BCUT2D eigenvalue weighted by molar-refractivity contribution is -0.112. The Hall–Kier alpha value is -3.92. The SMILES string of the molecule is Cc1ccc(NC(=O)C=Cc2ccccc2)c(NC(=O)C=Cc2ccccc2)c1. The van der Waals surface area contributed by atoms with E-state index in [-0.39, 0.29) is 11.8 Å². The van der Waals surface area contributed by atoms with E-state index < -0.39 is 0 Å². The fourth-order valence-electron chi connectivity index (χ4n) is 2.69. The number of hydrogen-bond donors (Lipinski definition) is 2. The van der Waals surface area contributed by atoms with Crippen molar-refractivity contribution in [2.45, 2.75) is 6.92 Å². The zero-order valence-corrected chi connectivity index (χ0v) is 16.1. The number of amides is 2. The summed E-state index contributed by atoms with van der Waals surface area (Å²) in [5.74, 6) is -0.539. The van der Waals surface area contributed by atoms with E-state index in [4.69, 9.17) is 0 Å². The van der Waals surface area contributed by atoms with Gasteiger partial charge in [-0.25, -0.2) is 0 Å². The zero-order chi connectivity index (χ0) is 20.5. The molecule has 0 unspecified atom stereocenters. The molecule has 2 N–H and O–H groups in total. The molecule has 0 aliphatic carbocycles. The van der Waals surface area contributed by atoms with Gasteiger partial charge in [-0.2, -0.15) is 0 Å². The van der Waals surface area contributed by atoms with Crippen molar-refractivity contribution in [2.75, 3.05) is 10.6 Å². The molecule has 144 valence electrons. The van der Waals surface area contributed by atoms with Crippen LogP contribution in [0.5, 0.6) is 0 Å². The van der Waals surface area contributed by atoms with Crippen LogP contribution >= 0.6 is 0 Å². The fraction of sp³-hybridized carbons (Fsp3) is 0.0400. The molecule has 3 rings (SSSR count). The third-order valence-corrected chi connectivity index (χ3v) is 4.14. The molecular weight excluding hydrogens is 360 g/mol. The van der Waals surface area contributed by atoms with E-state index in [0.29, 0.717) is 11.4 Å². The average Bonchev–Trinajstić information content (AvgIpc) is 2.74. The molecule has 0 radical (unpaired) electrons. The molecule has 0 aliphatic rings. The molecule has 3 aromatic carbocycles. The number of aryl methyl sites for hydroxylation is 1. The van der Waals surface area contributed by atoms with E-state index in [9.17, 15) is 9.59 Å². The van der Waals surface area contributed by atoms with Crippen LogP contribution in [0.1, 0.15) is 16.7 Å². The highest BCUT2D eigenvalue weighted by Gasteiger charge is 2.08. The molecule has 0 aliphatic heterocycles. The molecule has 0 fully saturated rings. The van der Waals surface area contributed by atoms with Crippen molar-refractivity contribution in [1.82, 2.24) is 0 Å². The van der Waals surface area contributed by atoms with Gasteiger partial charge in [0, 0.05) is 12.2 Å². The van der Waals surface area contributed by atoms with Crippen LogP contribution in [0.4, 0.5) is 11.4 Å². The number of rotatable bonds is 6. The molecule has 0 saturated carbocycles. The highest BCUT2D eigenvalue weighted by atomic mass is 16.2. The van der Waals surface area contributed by atoms with E-state index in [1.807, 2.05) is 79.7 Å². The van der Waals surface area contributed by atoms with E-state index in [0.717, 1.165) is 16.7 Å². The predicted molar refractivity (Wildman–Crippen MR) is 119 cm³/mol. The van der Waals surface area contributed by atoms with Crippen molar-refractivity contribution in [3.05, 3.63) is 108 Å². The van der Waals surface area contributed by atoms with Gasteiger partial charge in [-0.3, -0.25) is 9.59 Å². The van der Waals surface area contributed by atoms with Gasteiger partial charge in [-0.15, -0.1) is 0 Å². The number of anilines is 2. The second kappa shape index (κ2) is 9.85. The molecule has 3 aromatic rings. The lowest BCUT2D eigenvalue weighted by atomic mass is 10.1. The van der Waals surface area contributed by atoms with Crippen molar-refractivity contribution in [1.29, 1.82) is 0 Å². The summed E-state index contributed by atoms with van der Waals surface area (Å²) in [6.07, 6.45) is 6.42. The Kier molecular flexibility index (Phi) is 6.74. The van der Waals surface area contributed by atoms with E-state index in [1.165, 1.54) is 12.2 Å². The molecule has 29 heavy (non-hydrogen) atoms. The van der Waals surface area contributed by atoms with Gasteiger partial charge in [-0.1, -0.05) is 66.7 Å². The predicted octanol–water partition coefficient (Wildman–Crippen LogP) is 5.30. The second-order valence-electron chi connectivity index (χ2n) is 6.52. The second-order valence-corrected chi connectivity index (χ2v) is 6.52. The molecule has 0 aromatic heterocycles. The standard InChI is InChI=1S/C25H22N2O2/c1-19-12-15-22(26-24(28)16-13-20-8-4-2-5-9-20)23(18-19)27-25(29)17-14-21-10-6-3-7-11-21/h2-18H,1H3,(H,26,28)(H,27,29). The van der Waals surface area contributed by atoms with Crippen LogP contribution in [0.3, 0.4) is 0 Å². The van der Waals surface area contributed by atoms with Gasteiger partial charge in [0.05, 0.1) is 11.4 Å². The number of benzene rings is 3. The van der Waals surface area contributed by atoms with Gasteiger partial charge >= 0.3 is 0 Å². The lowest BCUT2D eigenvalue weighted by Crippen LogP contribution is -2.13. The summed E-state index contributed by atoms with van der Waals surface area (Å²) < 4.78 is 0. The van der Waals surface area contributed by atoms with Gasteiger partial charge in [0.2, 0.25) is 11.8 Å². The van der Waals surface area contributed by atoms with Crippen LogP contribution in [0, 0.1) is 6.92 Å². The summed E-state index contributed by atoms with van der Waals surface area (Å²) in [6, 6.07) is 24.6. The summed E-state index contributed by atoms with van der Waals surface area (Å²) >= 11 is 0. The number of carbonyl (C=O) groups is 2. The molecule has 4 nitrogen and oxygen atoms in total. The normalized spacial score (nSPS) is 10.9. The third kappa shape index (κ3) is 6.33. The maximum Gasteiger partial charge on any atom is 0.248 e. The van der Waals surface area contributed by atoms with Gasteiger partial charge in [0.25, 0.3) is 0 Å². The molecule has 2 amide bonds. The average molecular weight is 382 g/mol. The summed E-state index contributed by atoms with van der Waals surface area (Å²) in [7, 11) is 0. The highest BCUT2D eigenvalue weighted by molar-refractivity contribution is 6.08. The molecule has 0 bridgehead atoms. The van der Waals surface area contributed by atoms with Crippen molar-refractivity contribution < 1.29 is 9.59 Å². The Morgan fingerprint density at radius 2 is 1.14 bits per heavy atom. The first-order valence-corrected chi connectivity index (χ1v) is 9.29. The van der Waals surface area contributed by atoms with Crippen molar-refractivity contribution in [2.24, 2.45) is 0 Å².